The molecule has 0 bridgehead atoms. The molecule has 212 valence electrons. The highest BCUT2D eigenvalue weighted by Crippen LogP contribution is 2.36. The van der Waals surface area contributed by atoms with Gasteiger partial charge in [-0.1, -0.05) is 62.7 Å². The van der Waals surface area contributed by atoms with Crippen LogP contribution in [-0.2, 0) is 5.41 Å². The molecule has 3 heterocycles. The summed E-state index contributed by atoms with van der Waals surface area (Å²) in [5.74, 6) is 2.42. The zero-order chi connectivity index (χ0) is 29.7. The number of rotatable bonds is 5. The van der Waals surface area contributed by atoms with Crippen molar-refractivity contribution in [2.24, 2.45) is 0 Å². The molecule has 3 aromatic heterocycles. The molecule has 0 atom stereocenters. The van der Waals surface area contributed by atoms with Crippen LogP contribution in [0.1, 0.15) is 37.5 Å². The van der Waals surface area contributed by atoms with E-state index in [1.165, 1.54) is 22.1 Å². The molecule has 4 aromatic carbocycles. The zero-order valence-corrected chi connectivity index (χ0v) is 25.2. The first-order valence-corrected chi connectivity index (χ1v) is 14.6. The van der Waals surface area contributed by atoms with Gasteiger partial charge in [-0.2, -0.15) is 0 Å². The van der Waals surface area contributed by atoms with Crippen molar-refractivity contribution in [3.63, 3.8) is 0 Å². The van der Waals surface area contributed by atoms with Crippen molar-refractivity contribution < 1.29 is 9.30 Å². The van der Waals surface area contributed by atoms with Crippen molar-refractivity contribution in [3.05, 3.63) is 139 Å². The molecule has 0 spiro atoms. The summed E-state index contributed by atoms with van der Waals surface area (Å²) in [6, 6.07) is 33.5. The van der Waals surface area contributed by atoms with Crippen LogP contribution in [-0.4, -0.2) is 14.1 Å². The van der Waals surface area contributed by atoms with Crippen LogP contribution in [0.3, 0.4) is 0 Å². The number of pyridine rings is 1. The van der Waals surface area contributed by atoms with E-state index in [-0.39, 0.29) is 5.41 Å². The molecule has 0 unspecified atom stereocenters. The van der Waals surface area contributed by atoms with Gasteiger partial charge in [0, 0.05) is 35.4 Å². The topological polar surface area (TPSA) is 35.9 Å². The first-order valence-electron chi connectivity index (χ1n) is 14.6. The molecule has 0 aliphatic rings. The monoisotopic (exact) mass is 562 g/mol. The molecule has 7 rings (SSSR count). The summed E-state index contributed by atoms with van der Waals surface area (Å²) in [5.41, 5.74) is 8.04. The van der Waals surface area contributed by atoms with Crippen LogP contribution in [0, 0.1) is 20.2 Å². The molecular weight excluding hydrogens is 528 g/mol. The minimum absolute atomic E-state index is 0.0189. The van der Waals surface area contributed by atoms with Crippen LogP contribution in [0.25, 0.3) is 39.0 Å². The van der Waals surface area contributed by atoms with E-state index in [0.29, 0.717) is 0 Å². The Morgan fingerprint density at radius 1 is 0.767 bits per heavy atom. The first kappa shape index (κ1) is 26.7. The quantitative estimate of drug-likeness (QED) is 0.155. The maximum absolute atomic E-state index is 6.47. The highest BCUT2D eigenvalue weighted by molar-refractivity contribution is 6.09. The molecule has 43 heavy (non-hydrogen) atoms. The van der Waals surface area contributed by atoms with Crippen LogP contribution in [0.15, 0.2) is 116 Å². The molecule has 0 N–H and O–H groups in total. The van der Waals surface area contributed by atoms with Gasteiger partial charge in [-0.25, -0.2) is 4.98 Å². The Balaban J connectivity index is 1.26. The molecule has 0 aliphatic carbocycles. The summed E-state index contributed by atoms with van der Waals surface area (Å²) in [6.45, 7) is 11.0. The Morgan fingerprint density at radius 2 is 1.56 bits per heavy atom. The number of ether oxygens (including phenoxy) is 1. The van der Waals surface area contributed by atoms with Crippen LogP contribution < -0.4 is 9.30 Å². The Hall–Kier alpha value is -5.16. The molecule has 0 aliphatic heterocycles. The highest BCUT2D eigenvalue weighted by atomic mass is 16.5. The molecule has 0 fully saturated rings. The van der Waals surface area contributed by atoms with Crippen LogP contribution in [0.5, 0.6) is 11.5 Å². The van der Waals surface area contributed by atoms with Gasteiger partial charge < -0.3 is 4.74 Å². The van der Waals surface area contributed by atoms with E-state index in [4.69, 9.17) is 9.72 Å². The largest absolute Gasteiger partial charge is 0.458 e. The lowest BCUT2D eigenvalue weighted by molar-refractivity contribution is -0.599. The van der Waals surface area contributed by atoms with Gasteiger partial charge in [-0.05, 0) is 85.0 Å². The second kappa shape index (κ2) is 10.3. The van der Waals surface area contributed by atoms with Gasteiger partial charge >= 0.3 is 0 Å². The van der Waals surface area contributed by atoms with Gasteiger partial charge in [0.2, 0.25) is 0 Å². The minimum Gasteiger partial charge on any atom is -0.458 e. The molecule has 0 radical (unpaired) electrons. The number of imidazole rings is 1. The molecule has 5 heteroatoms. The lowest BCUT2D eigenvalue weighted by atomic mass is 9.88. The Bertz CT molecular complexity index is 2130. The predicted molar refractivity (Wildman–Crippen MR) is 173 cm³/mol. The summed E-state index contributed by atoms with van der Waals surface area (Å²) in [7, 11) is 0. The van der Waals surface area contributed by atoms with Gasteiger partial charge in [-0.15, -0.1) is 0 Å². The van der Waals surface area contributed by atoms with E-state index >= 15 is 0 Å². The van der Waals surface area contributed by atoms with Crippen LogP contribution >= 0.6 is 0 Å². The summed E-state index contributed by atoms with van der Waals surface area (Å²) < 4.78 is 12.7. The highest BCUT2D eigenvalue weighted by Gasteiger charge is 2.18. The first-order chi connectivity index (χ1) is 20.8. The third-order valence-electron chi connectivity index (χ3n) is 8.23. The number of hydrogen-bond acceptors (Lipinski definition) is 2. The van der Waals surface area contributed by atoms with E-state index in [1.807, 2.05) is 52.0 Å². The second-order valence-corrected chi connectivity index (χ2v) is 12.1. The minimum atomic E-state index is 0.0189. The SMILES string of the molecule is Cc1cccc(-[n+]2[c-]n(-c3cccc(Oc4ccc5c6ccccc6n(-c6cc(C(C)(C)C)ccn6)c5c4)c3)cc2)c1C. The van der Waals surface area contributed by atoms with Gasteiger partial charge in [0.05, 0.1) is 22.4 Å². The van der Waals surface area contributed by atoms with Gasteiger partial charge in [-0.3, -0.25) is 13.7 Å². The van der Waals surface area contributed by atoms with E-state index in [1.54, 1.807) is 0 Å². The number of benzene rings is 4. The van der Waals surface area contributed by atoms with E-state index in [2.05, 4.69) is 118 Å². The van der Waals surface area contributed by atoms with Crippen molar-refractivity contribution in [1.82, 2.24) is 14.1 Å². The number of nitrogens with zero attached hydrogens (tertiary/aromatic N) is 4. The second-order valence-electron chi connectivity index (χ2n) is 12.1. The van der Waals surface area contributed by atoms with Gasteiger partial charge in [0.25, 0.3) is 6.33 Å². The zero-order valence-electron chi connectivity index (χ0n) is 25.2. The van der Waals surface area contributed by atoms with Crippen molar-refractivity contribution in [2.45, 2.75) is 40.0 Å². The molecule has 7 aromatic rings. The van der Waals surface area contributed by atoms with Crippen molar-refractivity contribution in [1.29, 1.82) is 0 Å². The molecule has 0 saturated carbocycles. The lowest BCUT2D eigenvalue weighted by Gasteiger charge is -2.20. The van der Waals surface area contributed by atoms with Crippen molar-refractivity contribution in [2.75, 3.05) is 0 Å². The average Bonchev–Trinajstić information content (AvgIpc) is 3.62. The summed E-state index contributed by atoms with van der Waals surface area (Å²) in [5, 5.41) is 2.35. The summed E-state index contributed by atoms with van der Waals surface area (Å²) >= 11 is 0. The third kappa shape index (κ3) is 4.87. The summed E-state index contributed by atoms with van der Waals surface area (Å²) in [6.07, 6.45) is 9.41. The maximum atomic E-state index is 6.47. The van der Waals surface area contributed by atoms with E-state index < -0.39 is 0 Å². The summed E-state index contributed by atoms with van der Waals surface area (Å²) in [4.78, 5) is 4.80. The molecule has 0 amide bonds. The van der Waals surface area contributed by atoms with Crippen molar-refractivity contribution in [3.8, 4) is 28.7 Å². The average molecular weight is 563 g/mol. The number of para-hydroxylation sites is 1. The lowest BCUT2D eigenvalue weighted by Crippen LogP contribution is -2.29. The molecule has 0 saturated heterocycles. The third-order valence-corrected chi connectivity index (χ3v) is 8.23. The number of aryl methyl sites for hydroxylation is 1. The number of fused-ring (bicyclic) bond motifs is 3. The number of hydrogen-bond donors (Lipinski definition) is 0. The van der Waals surface area contributed by atoms with E-state index in [0.717, 1.165) is 45.1 Å². The Labute approximate surface area is 252 Å². The normalized spacial score (nSPS) is 11.8. The fourth-order valence-corrected chi connectivity index (χ4v) is 5.69. The van der Waals surface area contributed by atoms with Crippen molar-refractivity contribution >= 4 is 21.8 Å². The predicted octanol–water partition coefficient (Wildman–Crippen LogP) is 8.75. The fourth-order valence-electron chi connectivity index (χ4n) is 5.69. The van der Waals surface area contributed by atoms with Gasteiger partial charge in [0.1, 0.15) is 17.3 Å². The smallest absolute Gasteiger partial charge is 0.268 e. The van der Waals surface area contributed by atoms with E-state index in [9.17, 15) is 0 Å². The number of aromatic nitrogens is 4. The van der Waals surface area contributed by atoms with Gasteiger partial charge in [0.15, 0.2) is 0 Å². The Morgan fingerprint density at radius 3 is 2.42 bits per heavy atom. The van der Waals surface area contributed by atoms with Crippen LogP contribution in [0.4, 0.5) is 0 Å². The molecule has 5 nitrogen and oxygen atoms in total. The molecular formula is C38H34N4O. The Kier molecular flexibility index (Phi) is 6.39. The van der Waals surface area contributed by atoms with Crippen LogP contribution in [0.2, 0.25) is 0 Å². The fraction of sp³-hybridized carbons (Fsp3) is 0.158. The maximum Gasteiger partial charge on any atom is 0.268 e. The standard InChI is InChI=1S/C38H34N4O/c1-26-10-8-15-34(27(26)2)41-21-20-40(25-41)29-11-9-12-30(23-29)43-31-16-17-33-32-13-6-7-14-35(32)42(36(33)24-31)37-22-28(18-19-39-37)38(3,4)5/h6-24H,1-5H3.